The molecular weight excluding hydrogens is 244 g/mol. The number of aromatic amines is 1. The lowest BCUT2D eigenvalue weighted by molar-refractivity contribution is -0.139. The minimum absolute atomic E-state index is 0.357. The van der Waals surface area contributed by atoms with Gasteiger partial charge in [0.25, 0.3) is 5.91 Å². The number of hydrogen-bond acceptors (Lipinski definition) is 2. The van der Waals surface area contributed by atoms with E-state index in [1.54, 1.807) is 24.4 Å². The number of carboxylic acid groups (broad SMARTS) is 1. The van der Waals surface area contributed by atoms with Crippen LogP contribution in [0, 0.1) is 0 Å². The lowest BCUT2D eigenvalue weighted by atomic mass is 10.1. The molecule has 5 nitrogen and oxygen atoms in total. The van der Waals surface area contributed by atoms with Crippen LogP contribution in [-0.2, 0) is 4.79 Å². The Hall–Kier alpha value is -2.30. The molecule has 2 aromatic rings. The van der Waals surface area contributed by atoms with Crippen LogP contribution in [0.1, 0.15) is 30.1 Å². The largest absolute Gasteiger partial charge is 0.480 e. The summed E-state index contributed by atoms with van der Waals surface area (Å²) in [6, 6.07) is 6.26. The van der Waals surface area contributed by atoms with E-state index in [-0.39, 0.29) is 5.91 Å². The van der Waals surface area contributed by atoms with Crippen molar-refractivity contribution in [2.75, 3.05) is 0 Å². The molecule has 0 aliphatic carbocycles. The number of benzene rings is 1. The van der Waals surface area contributed by atoms with Gasteiger partial charge in [-0.3, -0.25) is 4.79 Å². The number of fused-ring (bicyclic) bond motifs is 1. The van der Waals surface area contributed by atoms with Gasteiger partial charge >= 0.3 is 5.97 Å². The smallest absolute Gasteiger partial charge is 0.326 e. The minimum atomic E-state index is -1.00. The number of nitrogens with one attached hydrogen (secondary N) is 2. The predicted octanol–water partition coefficient (Wildman–Crippen LogP) is 2.15. The number of amides is 1. The Balaban J connectivity index is 2.16. The van der Waals surface area contributed by atoms with Gasteiger partial charge in [-0.05, 0) is 30.7 Å². The summed E-state index contributed by atoms with van der Waals surface area (Å²) < 4.78 is 0. The Labute approximate surface area is 110 Å². The first-order valence-corrected chi connectivity index (χ1v) is 6.22. The van der Waals surface area contributed by atoms with Crippen LogP contribution in [-0.4, -0.2) is 28.0 Å². The van der Waals surface area contributed by atoms with Crippen molar-refractivity contribution in [3.63, 3.8) is 0 Å². The first kappa shape index (κ1) is 13.1. The summed E-state index contributed by atoms with van der Waals surface area (Å²) in [4.78, 5) is 26.1. The average Bonchev–Trinajstić information content (AvgIpc) is 2.85. The molecule has 0 aliphatic rings. The molecule has 0 saturated carbocycles. The standard InChI is InChI=1S/C14H16N2O3/c1-2-3-12(14(18)19)16-13(17)10-4-5-11-9(8-10)6-7-15-11/h4-8,12,15H,2-3H2,1H3,(H,16,17)(H,18,19)/t12-/m0/s1. The van der Waals surface area contributed by atoms with E-state index in [0.717, 1.165) is 10.9 Å². The third kappa shape index (κ3) is 2.93. The first-order valence-electron chi connectivity index (χ1n) is 6.22. The molecule has 0 radical (unpaired) electrons. The van der Waals surface area contributed by atoms with Crippen molar-refractivity contribution in [2.45, 2.75) is 25.8 Å². The van der Waals surface area contributed by atoms with E-state index in [1.807, 2.05) is 13.0 Å². The van der Waals surface area contributed by atoms with E-state index in [1.165, 1.54) is 0 Å². The fraction of sp³-hybridized carbons (Fsp3) is 0.286. The van der Waals surface area contributed by atoms with Crippen LogP contribution in [0.4, 0.5) is 0 Å². The fourth-order valence-corrected chi connectivity index (χ4v) is 1.98. The molecule has 5 heteroatoms. The highest BCUT2D eigenvalue weighted by molar-refractivity contribution is 5.99. The summed E-state index contributed by atoms with van der Waals surface area (Å²) in [5.41, 5.74) is 1.41. The zero-order valence-electron chi connectivity index (χ0n) is 10.6. The summed E-state index contributed by atoms with van der Waals surface area (Å²) in [7, 11) is 0. The number of H-pyrrole nitrogens is 1. The van der Waals surface area contributed by atoms with Crippen LogP contribution in [0.3, 0.4) is 0 Å². The van der Waals surface area contributed by atoms with Crippen LogP contribution < -0.4 is 5.32 Å². The maximum atomic E-state index is 12.0. The van der Waals surface area contributed by atoms with Gasteiger partial charge in [-0.2, -0.15) is 0 Å². The van der Waals surface area contributed by atoms with E-state index in [4.69, 9.17) is 5.11 Å². The number of carbonyl (C=O) groups excluding carboxylic acids is 1. The number of rotatable bonds is 5. The number of aromatic nitrogens is 1. The first-order chi connectivity index (χ1) is 9.11. The van der Waals surface area contributed by atoms with Gasteiger partial charge in [0, 0.05) is 22.7 Å². The monoisotopic (exact) mass is 260 g/mol. The van der Waals surface area contributed by atoms with Crippen molar-refractivity contribution >= 4 is 22.8 Å². The van der Waals surface area contributed by atoms with Crippen molar-refractivity contribution in [3.8, 4) is 0 Å². The van der Waals surface area contributed by atoms with Crippen LogP contribution >= 0.6 is 0 Å². The second kappa shape index (κ2) is 5.56. The maximum absolute atomic E-state index is 12.0. The fourth-order valence-electron chi connectivity index (χ4n) is 1.98. The highest BCUT2D eigenvalue weighted by Gasteiger charge is 2.19. The Morgan fingerprint density at radius 1 is 1.37 bits per heavy atom. The van der Waals surface area contributed by atoms with E-state index >= 15 is 0 Å². The highest BCUT2D eigenvalue weighted by Crippen LogP contribution is 2.14. The molecule has 1 aromatic heterocycles. The van der Waals surface area contributed by atoms with E-state index in [9.17, 15) is 9.59 Å². The molecule has 3 N–H and O–H groups in total. The molecule has 19 heavy (non-hydrogen) atoms. The number of carboxylic acids is 1. The lowest BCUT2D eigenvalue weighted by Gasteiger charge is -2.13. The van der Waals surface area contributed by atoms with Gasteiger partial charge in [0.15, 0.2) is 0 Å². The Morgan fingerprint density at radius 3 is 2.84 bits per heavy atom. The zero-order valence-corrected chi connectivity index (χ0v) is 10.6. The normalized spacial score (nSPS) is 12.3. The summed E-state index contributed by atoms with van der Waals surface area (Å²) >= 11 is 0. The molecule has 0 bridgehead atoms. The molecular formula is C14H16N2O3. The molecule has 0 unspecified atom stereocenters. The van der Waals surface area contributed by atoms with Crippen LogP contribution in [0.25, 0.3) is 10.9 Å². The second-order valence-electron chi connectivity index (χ2n) is 4.43. The second-order valence-corrected chi connectivity index (χ2v) is 4.43. The van der Waals surface area contributed by atoms with E-state index in [0.29, 0.717) is 18.4 Å². The van der Waals surface area contributed by atoms with Gasteiger partial charge in [-0.25, -0.2) is 4.79 Å². The molecule has 0 fully saturated rings. The Morgan fingerprint density at radius 2 is 2.16 bits per heavy atom. The highest BCUT2D eigenvalue weighted by atomic mass is 16.4. The zero-order chi connectivity index (χ0) is 13.8. The lowest BCUT2D eigenvalue weighted by Crippen LogP contribution is -2.40. The van der Waals surface area contributed by atoms with Crippen molar-refractivity contribution in [2.24, 2.45) is 0 Å². The molecule has 1 amide bonds. The number of hydrogen-bond donors (Lipinski definition) is 3. The molecule has 1 heterocycles. The van der Waals surface area contributed by atoms with Crippen molar-refractivity contribution < 1.29 is 14.7 Å². The van der Waals surface area contributed by atoms with Gasteiger partial charge in [0.05, 0.1) is 0 Å². The molecule has 1 aromatic carbocycles. The third-order valence-electron chi connectivity index (χ3n) is 3.00. The molecule has 2 rings (SSSR count). The summed E-state index contributed by atoms with van der Waals surface area (Å²) in [5.74, 6) is -1.36. The van der Waals surface area contributed by atoms with Crippen LogP contribution in [0.15, 0.2) is 30.5 Å². The molecule has 100 valence electrons. The van der Waals surface area contributed by atoms with Crippen molar-refractivity contribution in [1.82, 2.24) is 10.3 Å². The topological polar surface area (TPSA) is 82.2 Å². The van der Waals surface area contributed by atoms with E-state index in [2.05, 4.69) is 10.3 Å². The summed E-state index contributed by atoms with van der Waals surface area (Å²) in [6.07, 6.45) is 2.92. The third-order valence-corrected chi connectivity index (χ3v) is 3.00. The van der Waals surface area contributed by atoms with Gasteiger partial charge in [-0.1, -0.05) is 13.3 Å². The quantitative estimate of drug-likeness (QED) is 0.770. The van der Waals surface area contributed by atoms with Crippen molar-refractivity contribution in [3.05, 3.63) is 36.0 Å². The van der Waals surface area contributed by atoms with Gasteiger partial charge in [0.1, 0.15) is 6.04 Å². The molecule has 0 aliphatic heterocycles. The number of aliphatic carboxylic acids is 1. The predicted molar refractivity (Wildman–Crippen MR) is 72.1 cm³/mol. The molecule has 0 spiro atoms. The number of carbonyl (C=O) groups is 2. The SMILES string of the molecule is CCC[C@H](NC(=O)c1ccc2[nH]ccc2c1)C(=O)O. The van der Waals surface area contributed by atoms with Crippen molar-refractivity contribution in [1.29, 1.82) is 0 Å². The van der Waals surface area contributed by atoms with Crippen LogP contribution in [0.5, 0.6) is 0 Å². The van der Waals surface area contributed by atoms with E-state index < -0.39 is 12.0 Å². The minimum Gasteiger partial charge on any atom is -0.480 e. The van der Waals surface area contributed by atoms with Gasteiger partial charge in [-0.15, -0.1) is 0 Å². The molecule has 0 saturated heterocycles. The summed E-state index contributed by atoms with van der Waals surface area (Å²) in [6.45, 7) is 1.88. The van der Waals surface area contributed by atoms with Crippen LogP contribution in [0.2, 0.25) is 0 Å². The molecule has 1 atom stereocenters. The van der Waals surface area contributed by atoms with Gasteiger partial charge in [0.2, 0.25) is 0 Å². The average molecular weight is 260 g/mol. The summed E-state index contributed by atoms with van der Waals surface area (Å²) in [5, 5.41) is 12.5. The van der Waals surface area contributed by atoms with Gasteiger partial charge < -0.3 is 15.4 Å². The Bertz CT molecular complexity index is 604. The Kier molecular flexibility index (Phi) is 3.85. The maximum Gasteiger partial charge on any atom is 0.326 e.